The van der Waals surface area contributed by atoms with Gasteiger partial charge in [0.2, 0.25) is 5.56 Å². The summed E-state index contributed by atoms with van der Waals surface area (Å²) in [5.41, 5.74) is 5.89. The van der Waals surface area contributed by atoms with E-state index in [1.165, 1.54) is 5.56 Å². The Morgan fingerprint density at radius 2 is 1.91 bits per heavy atom. The molecule has 1 fully saturated rings. The van der Waals surface area contributed by atoms with E-state index in [1.54, 1.807) is 18.5 Å². The Hall–Kier alpha value is -3.22. The lowest BCUT2D eigenvalue weighted by molar-refractivity contribution is 0.108. The first-order valence-corrected chi connectivity index (χ1v) is 12.4. The SMILES string of the molecule is C\C=C/N=C(C)\C(=C/C=C(\C)c1cc[nH]c(=O)c1)Nc1ccc(C2CCN(C(C)CO)CC2)cc1. The molecule has 1 aliphatic rings. The van der Waals surface area contributed by atoms with E-state index in [0.29, 0.717) is 5.92 Å². The van der Waals surface area contributed by atoms with Crippen LogP contribution in [0, 0.1) is 0 Å². The summed E-state index contributed by atoms with van der Waals surface area (Å²) in [4.78, 5) is 21.2. The smallest absolute Gasteiger partial charge is 0.248 e. The van der Waals surface area contributed by atoms with Crippen LogP contribution in [0.3, 0.4) is 0 Å². The van der Waals surface area contributed by atoms with Crippen molar-refractivity contribution in [2.45, 2.75) is 52.5 Å². The van der Waals surface area contributed by atoms with Crippen LogP contribution in [-0.4, -0.2) is 46.4 Å². The lowest BCUT2D eigenvalue weighted by Gasteiger charge is -2.35. The standard InChI is InChI=1S/C29H38N4O2/c1-5-15-30-23(4)28(11-6-21(2)26-12-16-31-29(35)19-26)32-27-9-7-24(8-10-27)25-13-17-33(18-14-25)22(3)20-34/h5-12,15-16,19,22,25,32,34H,13-14,17-18,20H2,1-4H3,(H,31,35)/b15-5-,21-6+,28-11+,30-23-. The molecule has 1 unspecified atom stereocenters. The van der Waals surface area contributed by atoms with Crippen molar-refractivity contribution in [1.29, 1.82) is 0 Å². The molecule has 0 amide bonds. The molecule has 6 heteroatoms. The Morgan fingerprint density at radius 3 is 2.54 bits per heavy atom. The van der Waals surface area contributed by atoms with E-state index in [1.807, 2.05) is 45.1 Å². The Labute approximate surface area is 208 Å². The van der Waals surface area contributed by atoms with Gasteiger partial charge in [0, 0.05) is 30.2 Å². The van der Waals surface area contributed by atoms with Crippen LogP contribution in [0.2, 0.25) is 0 Å². The van der Waals surface area contributed by atoms with E-state index in [0.717, 1.165) is 54.2 Å². The van der Waals surface area contributed by atoms with Crippen LogP contribution in [0.15, 0.2) is 82.5 Å². The highest BCUT2D eigenvalue weighted by Crippen LogP contribution is 2.29. The molecule has 2 aromatic rings. The topological polar surface area (TPSA) is 80.7 Å². The molecule has 0 radical (unpaired) electrons. The lowest BCUT2D eigenvalue weighted by Crippen LogP contribution is -2.41. The van der Waals surface area contributed by atoms with Gasteiger partial charge in [-0.15, -0.1) is 0 Å². The number of aliphatic hydroxyl groups excluding tert-OH is 1. The summed E-state index contributed by atoms with van der Waals surface area (Å²) in [6, 6.07) is 12.4. The predicted octanol–water partition coefficient (Wildman–Crippen LogP) is 5.33. The van der Waals surface area contributed by atoms with Crippen molar-refractivity contribution in [3.63, 3.8) is 0 Å². The van der Waals surface area contributed by atoms with Crippen LogP contribution in [0.4, 0.5) is 5.69 Å². The number of allylic oxidation sites excluding steroid dienone is 5. The van der Waals surface area contributed by atoms with Crippen LogP contribution in [0.5, 0.6) is 0 Å². The lowest BCUT2D eigenvalue weighted by atomic mass is 9.89. The number of rotatable bonds is 9. The molecule has 2 heterocycles. The quantitative estimate of drug-likeness (QED) is 0.339. The molecule has 3 N–H and O–H groups in total. The third-order valence-electron chi connectivity index (χ3n) is 6.62. The summed E-state index contributed by atoms with van der Waals surface area (Å²) in [6.07, 6.45) is 11.6. The van der Waals surface area contributed by atoms with Crippen molar-refractivity contribution < 1.29 is 5.11 Å². The normalized spacial score (nSPS) is 17.7. The Morgan fingerprint density at radius 1 is 1.20 bits per heavy atom. The highest BCUT2D eigenvalue weighted by atomic mass is 16.3. The molecule has 0 aliphatic carbocycles. The summed E-state index contributed by atoms with van der Waals surface area (Å²) in [5.74, 6) is 0.554. The van der Waals surface area contributed by atoms with Gasteiger partial charge in [-0.05, 0) is 101 Å². The van der Waals surface area contributed by atoms with Crippen molar-refractivity contribution in [2.75, 3.05) is 25.0 Å². The molecular formula is C29H38N4O2. The number of H-pyrrole nitrogens is 1. The molecule has 6 nitrogen and oxygen atoms in total. The maximum atomic E-state index is 11.7. The second-order valence-corrected chi connectivity index (χ2v) is 9.16. The number of piperidine rings is 1. The molecule has 1 aromatic carbocycles. The van der Waals surface area contributed by atoms with Crippen molar-refractivity contribution >= 4 is 17.0 Å². The summed E-state index contributed by atoms with van der Waals surface area (Å²) in [7, 11) is 0. The molecule has 3 rings (SSSR count). The number of nitrogens with zero attached hydrogens (tertiary/aromatic N) is 2. The monoisotopic (exact) mass is 474 g/mol. The largest absolute Gasteiger partial charge is 0.395 e. The molecule has 186 valence electrons. The average Bonchev–Trinajstić information content (AvgIpc) is 2.89. The molecule has 0 saturated carbocycles. The minimum absolute atomic E-state index is 0.114. The fourth-order valence-corrected chi connectivity index (χ4v) is 4.29. The van der Waals surface area contributed by atoms with E-state index < -0.39 is 0 Å². The highest BCUT2D eigenvalue weighted by Gasteiger charge is 2.23. The second-order valence-electron chi connectivity index (χ2n) is 9.16. The Balaban J connectivity index is 1.75. The van der Waals surface area contributed by atoms with Crippen LogP contribution in [-0.2, 0) is 0 Å². The van der Waals surface area contributed by atoms with Gasteiger partial charge in [-0.3, -0.25) is 14.7 Å². The summed E-state index contributed by atoms with van der Waals surface area (Å²) in [5, 5.41) is 12.9. The zero-order chi connectivity index (χ0) is 25.2. The maximum Gasteiger partial charge on any atom is 0.248 e. The van der Waals surface area contributed by atoms with Gasteiger partial charge in [0.1, 0.15) is 0 Å². The predicted molar refractivity (Wildman–Crippen MR) is 147 cm³/mol. The zero-order valence-corrected chi connectivity index (χ0v) is 21.3. The molecular weight excluding hydrogens is 436 g/mol. The van der Waals surface area contributed by atoms with Crippen LogP contribution in [0.1, 0.15) is 57.6 Å². The van der Waals surface area contributed by atoms with Crippen molar-refractivity contribution in [1.82, 2.24) is 9.88 Å². The van der Waals surface area contributed by atoms with Crippen LogP contribution in [0.25, 0.3) is 5.57 Å². The van der Waals surface area contributed by atoms with Crippen LogP contribution < -0.4 is 10.9 Å². The number of aliphatic hydroxyl groups is 1. The Kier molecular flexibility index (Phi) is 9.82. The minimum Gasteiger partial charge on any atom is -0.395 e. The van der Waals surface area contributed by atoms with E-state index in [-0.39, 0.29) is 18.2 Å². The first-order chi connectivity index (χ1) is 16.9. The van der Waals surface area contributed by atoms with Gasteiger partial charge in [-0.25, -0.2) is 0 Å². The van der Waals surface area contributed by atoms with Gasteiger partial charge in [0.05, 0.1) is 18.0 Å². The summed E-state index contributed by atoms with van der Waals surface area (Å²) >= 11 is 0. The van der Waals surface area contributed by atoms with E-state index >= 15 is 0 Å². The highest BCUT2D eigenvalue weighted by molar-refractivity contribution is 6.01. The number of nitrogens with one attached hydrogen (secondary N) is 2. The molecule has 1 saturated heterocycles. The van der Waals surface area contributed by atoms with Gasteiger partial charge in [0.25, 0.3) is 0 Å². The fourth-order valence-electron chi connectivity index (χ4n) is 4.29. The van der Waals surface area contributed by atoms with E-state index in [4.69, 9.17) is 0 Å². The number of aromatic nitrogens is 1. The molecule has 0 bridgehead atoms. The number of benzene rings is 1. The van der Waals surface area contributed by atoms with Gasteiger partial charge >= 0.3 is 0 Å². The third-order valence-corrected chi connectivity index (χ3v) is 6.62. The van der Waals surface area contributed by atoms with Gasteiger partial charge in [0.15, 0.2) is 0 Å². The number of anilines is 1. The van der Waals surface area contributed by atoms with Crippen molar-refractivity contribution in [3.8, 4) is 0 Å². The zero-order valence-electron chi connectivity index (χ0n) is 21.3. The third kappa shape index (κ3) is 7.64. The first kappa shape index (κ1) is 26.4. The summed E-state index contributed by atoms with van der Waals surface area (Å²) < 4.78 is 0. The summed E-state index contributed by atoms with van der Waals surface area (Å²) in [6.45, 7) is 10.3. The van der Waals surface area contributed by atoms with Crippen molar-refractivity contribution in [2.24, 2.45) is 4.99 Å². The van der Waals surface area contributed by atoms with Crippen molar-refractivity contribution in [3.05, 3.63) is 94.2 Å². The number of hydrogen-bond acceptors (Lipinski definition) is 5. The Bertz CT molecular complexity index is 1130. The van der Waals surface area contributed by atoms with Gasteiger partial charge in [-0.1, -0.05) is 24.3 Å². The maximum absolute atomic E-state index is 11.7. The average molecular weight is 475 g/mol. The van der Waals surface area contributed by atoms with Crippen LogP contribution >= 0.6 is 0 Å². The molecule has 35 heavy (non-hydrogen) atoms. The number of aromatic amines is 1. The number of pyridine rings is 1. The number of hydrogen-bond donors (Lipinski definition) is 3. The molecule has 1 atom stereocenters. The second kappa shape index (κ2) is 13.0. The molecule has 1 aromatic heterocycles. The van der Waals surface area contributed by atoms with Gasteiger partial charge in [-0.2, -0.15) is 0 Å². The number of aliphatic imine (C=N–C) groups is 1. The van der Waals surface area contributed by atoms with Gasteiger partial charge < -0.3 is 15.4 Å². The van der Waals surface area contributed by atoms with E-state index in [9.17, 15) is 9.90 Å². The molecule has 0 spiro atoms. The first-order valence-electron chi connectivity index (χ1n) is 12.4. The van der Waals surface area contributed by atoms with E-state index in [2.05, 4.69) is 51.4 Å². The number of likely N-dealkylation sites (tertiary alicyclic amines) is 1. The molecule has 1 aliphatic heterocycles. The fraction of sp³-hybridized carbons (Fsp3) is 0.379. The minimum atomic E-state index is -0.114.